The molecule has 1 heterocycles. The fraction of sp³-hybridized carbons (Fsp3) is 0.643. The van der Waals surface area contributed by atoms with E-state index >= 15 is 0 Å². The fourth-order valence-electron chi connectivity index (χ4n) is 2.15. The molecule has 0 fully saturated rings. The van der Waals surface area contributed by atoms with Gasteiger partial charge in [-0.15, -0.1) is 11.3 Å². The molecule has 0 radical (unpaired) electrons. The van der Waals surface area contributed by atoms with E-state index < -0.39 is 0 Å². The van der Waals surface area contributed by atoms with Crippen molar-refractivity contribution in [2.45, 2.75) is 20.8 Å². The zero-order valence-electron chi connectivity index (χ0n) is 13.0. The van der Waals surface area contributed by atoms with Crippen LogP contribution in [0.4, 0.5) is 10.7 Å². The van der Waals surface area contributed by atoms with Crippen LogP contribution in [0.1, 0.15) is 30.4 Å². The smallest absolute Gasteiger partial charge is 0.263 e. The molecule has 5 nitrogen and oxygen atoms in total. The molecule has 0 aromatic carbocycles. The minimum Gasteiger partial charge on any atom is -0.397 e. The number of amides is 1. The lowest BCUT2D eigenvalue weighted by atomic mass is 9.93. The molecule has 0 aliphatic rings. The molecule has 6 heteroatoms. The summed E-state index contributed by atoms with van der Waals surface area (Å²) in [5, 5.41) is 7.09. The van der Waals surface area contributed by atoms with Crippen LogP contribution in [-0.2, 0) is 0 Å². The van der Waals surface area contributed by atoms with Crippen LogP contribution < -0.4 is 16.4 Å². The van der Waals surface area contributed by atoms with Crippen molar-refractivity contribution in [3.8, 4) is 0 Å². The normalized spacial score (nSPS) is 11.7. The van der Waals surface area contributed by atoms with Gasteiger partial charge in [-0.2, -0.15) is 0 Å². The molecule has 114 valence electrons. The van der Waals surface area contributed by atoms with Gasteiger partial charge in [0.1, 0.15) is 4.88 Å². The molecule has 1 amide bonds. The Morgan fingerprint density at radius 1 is 1.45 bits per heavy atom. The van der Waals surface area contributed by atoms with Gasteiger partial charge in [-0.25, -0.2) is 0 Å². The van der Waals surface area contributed by atoms with Crippen molar-refractivity contribution >= 4 is 27.9 Å². The number of carbonyl (C=O) groups excluding carboxylic acids is 1. The number of hydrogen-bond acceptors (Lipinski definition) is 5. The first-order valence-corrected chi connectivity index (χ1v) is 7.63. The first kappa shape index (κ1) is 16.8. The lowest BCUT2D eigenvalue weighted by Crippen LogP contribution is -2.34. The summed E-state index contributed by atoms with van der Waals surface area (Å²) >= 11 is 1.41. The average molecular weight is 298 g/mol. The minimum absolute atomic E-state index is 0.101. The van der Waals surface area contributed by atoms with Crippen LogP contribution >= 0.6 is 11.3 Å². The van der Waals surface area contributed by atoms with Crippen molar-refractivity contribution < 1.29 is 4.79 Å². The van der Waals surface area contributed by atoms with Gasteiger partial charge in [0.15, 0.2) is 0 Å². The molecule has 0 spiro atoms. The number of thiophene rings is 1. The summed E-state index contributed by atoms with van der Waals surface area (Å²) in [6.45, 7) is 8.74. The summed E-state index contributed by atoms with van der Waals surface area (Å²) in [4.78, 5) is 14.6. The highest BCUT2D eigenvalue weighted by atomic mass is 32.1. The maximum Gasteiger partial charge on any atom is 0.263 e. The molecule has 0 atom stereocenters. The summed E-state index contributed by atoms with van der Waals surface area (Å²) in [5.41, 5.74) is 6.58. The van der Waals surface area contributed by atoms with Gasteiger partial charge in [-0.05, 0) is 32.5 Å². The van der Waals surface area contributed by atoms with E-state index in [9.17, 15) is 4.79 Å². The fourth-order valence-corrected chi connectivity index (χ4v) is 3.04. The Labute approximate surface area is 125 Å². The second-order valence-corrected chi connectivity index (χ2v) is 7.06. The molecule has 1 aromatic heterocycles. The SMILES string of the molecule is CCNC(=O)c1sc(NCC(C)(C)CN(C)C)cc1N. The number of carbonyl (C=O) groups is 1. The highest BCUT2D eigenvalue weighted by molar-refractivity contribution is 7.18. The number of nitrogen functional groups attached to an aromatic ring is 1. The topological polar surface area (TPSA) is 70.4 Å². The summed E-state index contributed by atoms with van der Waals surface area (Å²) in [5.74, 6) is -0.101. The molecule has 0 bridgehead atoms. The Balaban J connectivity index is 2.66. The second-order valence-electron chi connectivity index (χ2n) is 6.01. The van der Waals surface area contributed by atoms with E-state index in [1.165, 1.54) is 11.3 Å². The maximum absolute atomic E-state index is 11.8. The van der Waals surface area contributed by atoms with Crippen molar-refractivity contribution in [1.29, 1.82) is 0 Å². The van der Waals surface area contributed by atoms with Crippen LogP contribution in [0.3, 0.4) is 0 Å². The molecule has 1 aromatic rings. The van der Waals surface area contributed by atoms with Crippen molar-refractivity contribution in [3.63, 3.8) is 0 Å². The number of nitrogens with one attached hydrogen (secondary N) is 2. The molecule has 0 aliphatic carbocycles. The first-order valence-electron chi connectivity index (χ1n) is 6.81. The van der Waals surface area contributed by atoms with E-state index in [-0.39, 0.29) is 11.3 Å². The standard InChI is InChI=1S/C14H26N4OS/c1-6-16-13(19)12-10(15)7-11(20-12)17-8-14(2,3)9-18(4)5/h7,17H,6,8-9,15H2,1-5H3,(H,16,19). The Hall–Kier alpha value is -1.27. The van der Waals surface area contributed by atoms with Gasteiger partial charge < -0.3 is 21.3 Å². The number of anilines is 2. The van der Waals surface area contributed by atoms with Crippen LogP contribution in [-0.4, -0.2) is 44.5 Å². The largest absolute Gasteiger partial charge is 0.397 e. The van der Waals surface area contributed by atoms with Gasteiger partial charge in [0, 0.05) is 19.6 Å². The van der Waals surface area contributed by atoms with E-state index in [2.05, 4.69) is 43.5 Å². The van der Waals surface area contributed by atoms with Gasteiger partial charge in [-0.3, -0.25) is 4.79 Å². The van der Waals surface area contributed by atoms with Crippen molar-refractivity contribution in [2.24, 2.45) is 5.41 Å². The monoisotopic (exact) mass is 298 g/mol. The molecule has 0 aliphatic heterocycles. The summed E-state index contributed by atoms with van der Waals surface area (Å²) in [6.07, 6.45) is 0. The number of rotatable bonds is 7. The molecule has 0 unspecified atom stereocenters. The van der Waals surface area contributed by atoms with E-state index in [0.29, 0.717) is 17.1 Å². The van der Waals surface area contributed by atoms with Gasteiger partial charge in [0.25, 0.3) is 5.91 Å². The highest BCUT2D eigenvalue weighted by Gasteiger charge is 2.20. The van der Waals surface area contributed by atoms with Gasteiger partial charge in [0.05, 0.1) is 10.7 Å². The highest BCUT2D eigenvalue weighted by Crippen LogP contribution is 2.30. The summed E-state index contributed by atoms with van der Waals surface area (Å²) in [7, 11) is 4.14. The maximum atomic E-state index is 11.8. The van der Waals surface area contributed by atoms with Crippen LogP contribution in [0.15, 0.2) is 6.07 Å². The zero-order valence-corrected chi connectivity index (χ0v) is 13.9. The first-order chi connectivity index (χ1) is 9.25. The van der Waals surface area contributed by atoms with E-state index in [1.54, 1.807) is 0 Å². The average Bonchev–Trinajstić information content (AvgIpc) is 2.67. The van der Waals surface area contributed by atoms with E-state index in [0.717, 1.165) is 18.1 Å². The number of nitrogens with two attached hydrogens (primary N) is 1. The third-order valence-electron chi connectivity index (χ3n) is 2.79. The second kappa shape index (κ2) is 6.95. The van der Waals surface area contributed by atoms with Crippen LogP contribution in [0.2, 0.25) is 0 Å². The van der Waals surface area contributed by atoms with Crippen LogP contribution in [0.5, 0.6) is 0 Å². The van der Waals surface area contributed by atoms with Crippen molar-refractivity contribution in [2.75, 3.05) is 44.8 Å². The zero-order chi connectivity index (χ0) is 15.3. The van der Waals surface area contributed by atoms with Crippen LogP contribution in [0, 0.1) is 5.41 Å². The molecule has 1 rings (SSSR count). The third-order valence-corrected chi connectivity index (χ3v) is 3.90. The Morgan fingerprint density at radius 3 is 2.65 bits per heavy atom. The Morgan fingerprint density at radius 2 is 2.10 bits per heavy atom. The number of nitrogens with zero attached hydrogens (tertiary/aromatic N) is 1. The van der Waals surface area contributed by atoms with Crippen molar-refractivity contribution in [3.05, 3.63) is 10.9 Å². The van der Waals surface area contributed by atoms with E-state index in [4.69, 9.17) is 5.73 Å². The predicted molar refractivity (Wildman–Crippen MR) is 87.6 cm³/mol. The van der Waals surface area contributed by atoms with Gasteiger partial charge in [0.2, 0.25) is 0 Å². The molecular formula is C14H26N4OS. The van der Waals surface area contributed by atoms with Gasteiger partial charge >= 0.3 is 0 Å². The quantitative estimate of drug-likeness (QED) is 0.721. The third kappa shape index (κ3) is 5.02. The summed E-state index contributed by atoms with van der Waals surface area (Å²) in [6, 6.07) is 1.83. The van der Waals surface area contributed by atoms with Crippen molar-refractivity contribution in [1.82, 2.24) is 10.2 Å². The predicted octanol–water partition coefficient (Wildman–Crippen LogP) is 2.08. The molecule has 20 heavy (non-hydrogen) atoms. The molecule has 4 N–H and O–H groups in total. The molecular weight excluding hydrogens is 272 g/mol. The summed E-state index contributed by atoms with van der Waals surface area (Å²) < 4.78 is 0. The Bertz CT molecular complexity index is 454. The lowest BCUT2D eigenvalue weighted by molar-refractivity contribution is 0.0960. The number of hydrogen-bond donors (Lipinski definition) is 3. The minimum atomic E-state index is -0.101. The lowest BCUT2D eigenvalue weighted by Gasteiger charge is -2.28. The van der Waals surface area contributed by atoms with Crippen LogP contribution in [0.25, 0.3) is 0 Å². The van der Waals surface area contributed by atoms with E-state index in [1.807, 2.05) is 13.0 Å². The van der Waals surface area contributed by atoms with Gasteiger partial charge in [-0.1, -0.05) is 13.8 Å². The molecule has 0 saturated heterocycles. The Kier molecular flexibility index (Phi) is 5.83. The molecule has 0 saturated carbocycles.